The molecular formula is C13H16ClNO3S. The zero-order valence-corrected chi connectivity index (χ0v) is 12.4. The van der Waals surface area contributed by atoms with Crippen LogP contribution in [-0.4, -0.2) is 38.0 Å². The van der Waals surface area contributed by atoms with Gasteiger partial charge >= 0.3 is 0 Å². The number of hydrogen-bond donors (Lipinski definition) is 1. The number of hydrogen-bond acceptors (Lipinski definition) is 3. The molecule has 1 N–H and O–H groups in total. The van der Waals surface area contributed by atoms with Crippen LogP contribution in [0.25, 0.3) is 0 Å². The molecule has 0 amide bonds. The first-order valence-corrected chi connectivity index (χ1v) is 7.61. The Morgan fingerprint density at radius 2 is 2.11 bits per heavy atom. The van der Waals surface area contributed by atoms with Crippen LogP contribution in [0.5, 0.6) is 0 Å². The number of aliphatic hydroxyl groups excluding tert-OH is 1. The van der Waals surface area contributed by atoms with Crippen LogP contribution in [0.4, 0.5) is 0 Å². The van der Waals surface area contributed by atoms with Gasteiger partial charge in [-0.15, -0.1) is 0 Å². The van der Waals surface area contributed by atoms with Gasteiger partial charge in [-0.1, -0.05) is 30.4 Å². The van der Waals surface area contributed by atoms with Gasteiger partial charge in [0, 0.05) is 25.6 Å². The smallest absolute Gasteiger partial charge is 0.244 e. The van der Waals surface area contributed by atoms with E-state index in [1.165, 1.54) is 23.5 Å². The van der Waals surface area contributed by atoms with Crippen molar-refractivity contribution < 1.29 is 13.5 Å². The van der Waals surface area contributed by atoms with Crippen molar-refractivity contribution in [2.45, 2.75) is 18.2 Å². The minimum atomic E-state index is -3.55. The van der Waals surface area contributed by atoms with Crippen molar-refractivity contribution >= 4 is 21.6 Å². The number of benzene rings is 1. The number of sulfonamides is 1. The molecule has 19 heavy (non-hydrogen) atoms. The van der Waals surface area contributed by atoms with Crippen molar-refractivity contribution in [1.29, 1.82) is 0 Å². The number of halogens is 1. The Morgan fingerprint density at radius 3 is 2.63 bits per heavy atom. The standard InChI is InChI=1S/C13H16ClNO3S/c1-3-15(2)19(17,18)13-8-7-11(10-12(13)14)6-4-5-9-16/h7-8,10,16H,3,5,9H2,1-2H3. The number of nitrogens with zero attached hydrogens (tertiary/aromatic N) is 1. The van der Waals surface area contributed by atoms with Gasteiger partial charge in [0.05, 0.1) is 11.6 Å². The lowest BCUT2D eigenvalue weighted by molar-refractivity contribution is 0.305. The van der Waals surface area contributed by atoms with Crippen LogP contribution in [0.1, 0.15) is 18.9 Å². The molecule has 0 unspecified atom stereocenters. The van der Waals surface area contributed by atoms with Crippen molar-refractivity contribution in [3.63, 3.8) is 0 Å². The van der Waals surface area contributed by atoms with E-state index in [0.29, 0.717) is 18.5 Å². The average molecular weight is 302 g/mol. The molecule has 0 radical (unpaired) electrons. The van der Waals surface area contributed by atoms with Crippen LogP contribution in [0.3, 0.4) is 0 Å². The zero-order chi connectivity index (χ0) is 14.5. The predicted octanol–water partition coefficient (Wildman–Crippen LogP) is 1.71. The van der Waals surface area contributed by atoms with E-state index in [9.17, 15) is 8.42 Å². The van der Waals surface area contributed by atoms with E-state index < -0.39 is 10.0 Å². The Hall–Kier alpha value is -1.06. The molecule has 0 aliphatic rings. The van der Waals surface area contributed by atoms with Gasteiger partial charge in [0.25, 0.3) is 0 Å². The molecule has 1 rings (SSSR count). The molecule has 6 heteroatoms. The molecule has 4 nitrogen and oxygen atoms in total. The van der Waals surface area contributed by atoms with E-state index in [-0.39, 0.29) is 16.5 Å². The summed E-state index contributed by atoms with van der Waals surface area (Å²) >= 11 is 6.00. The van der Waals surface area contributed by atoms with Gasteiger partial charge in [-0.2, -0.15) is 0 Å². The van der Waals surface area contributed by atoms with E-state index in [0.717, 1.165) is 0 Å². The van der Waals surface area contributed by atoms with Crippen molar-refractivity contribution in [3.05, 3.63) is 28.8 Å². The molecule has 104 valence electrons. The summed E-state index contributed by atoms with van der Waals surface area (Å²) in [6, 6.07) is 4.57. The first kappa shape index (κ1) is 16.0. The highest BCUT2D eigenvalue weighted by molar-refractivity contribution is 7.89. The molecule has 0 saturated carbocycles. The number of rotatable bonds is 4. The first-order chi connectivity index (χ1) is 8.93. The lowest BCUT2D eigenvalue weighted by atomic mass is 10.2. The summed E-state index contributed by atoms with van der Waals surface area (Å²) < 4.78 is 25.5. The molecule has 0 aliphatic heterocycles. The summed E-state index contributed by atoms with van der Waals surface area (Å²) in [5.41, 5.74) is 0.622. The zero-order valence-electron chi connectivity index (χ0n) is 10.9. The summed E-state index contributed by atoms with van der Waals surface area (Å²) in [5.74, 6) is 5.56. The molecule has 1 aromatic rings. The summed E-state index contributed by atoms with van der Waals surface area (Å²) in [5, 5.41) is 8.77. The third-order valence-electron chi connectivity index (χ3n) is 2.53. The topological polar surface area (TPSA) is 57.6 Å². The van der Waals surface area contributed by atoms with Crippen LogP contribution >= 0.6 is 11.6 Å². The minimum absolute atomic E-state index is 0.00547. The number of aliphatic hydroxyl groups is 1. The fraction of sp³-hybridized carbons (Fsp3) is 0.385. The minimum Gasteiger partial charge on any atom is -0.395 e. The molecular weight excluding hydrogens is 286 g/mol. The largest absolute Gasteiger partial charge is 0.395 e. The van der Waals surface area contributed by atoms with Crippen LogP contribution < -0.4 is 0 Å². The Balaban J connectivity index is 3.12. The van der Waals surface area contributed by atoms with Gasteiger partial charge in [-0.3, -0.25) is 0 Å². The SMILES string of the molecule is CCN(C)S(=O)(=O)c1ccc(C#CCCO)cc1Cl. The van der Waals surface area contributed by atoms with Crippen molar-refractivity contribution in [3.8, 4) is 11.8 Å². The predicted molar refractivity (Wildman–Crippen MR) is 75.5 cm³/mol. The maximum Gasteiger partial charge on any atom is 0.244 e. The second-order valence-corrected chi connectivity index (χ2v) is 6.26. The van der Waals surface area contributed by atoms with Crippen LogP contribution in [0.2, 0.25) is 5.02 Å². The van der Waals surface area contributed by atoms with Gasteiger partial charge in [0.15, 0.2) is 0 Å². The Labute approximate surface area is 119 Å². The van der Waals surface area contributed by atoms with E-state index in [4.69, 9.17) is 16.7 Å². The molecule has 0 spiro atoms. The van der Waals surface area contributed by atoms with E-state index in [2.05, 4.69) is 11.8 Å². The lowest BCUT2D eigenvalue weighted by Gasteiger charge is -2.15. The molecule has 1 aromatic carbocycles. The molecule has 0 aromatic heterocycles. The average Bonchev–Trinajstić information content (AvgIpc) is 2.37. The lowest BCUT2D eigenvalue weighted by Crippen LogP contribution is -2.26. The van der Waals surface area contributed by atoms with E-state index >= 15 is 0 Å². The second-order valence-electron chi connectivity index (χ2n) is 3.84. The van der Waals surface area contributed by atoms with E-state index in [1.54, 1.807) is 13.0 Å². The molecule has 0 saturated heterocycles. The molecule has 0 heterocycles. The maximum absolute atomic E-state index is 12.1. The van der Waals surface area contributed by atoms with Crippen LogP contribution in [0.15, 0.2) is 23.1 Å². The fourth-order valence-electron chi connectivity index (χ4n) is 1.35. The highest BCUT2D eigenvalue weighted by Crippen LogP contribution is 2.24. The quantitative estimate of drug-likeness (QED) is 0.862. The van der Waals surface area contributed by atoms with Crippen LogP contribution in [0, 0.1) is 11.8 Å². The highest BCUT2D eigenvalue weighted by Gasteiger charge is 2.22. The molecule has 0 fully saturated rings. The summed E-state index contributed by atoms with van der Waals surface area (Å²) in [6.07, 6.45) is 0.371. The van der Waals surface area contributed by atoms with Crippen molar-refractivity contribution in [2.75, 3.05) is 20.2 Å². The van der Waals surface area contributed by atoms with E-state index in [1.807, 2.05) is 0 Å². The first-order valence-electron chi connectivity index (χ1n) is 5.79. The third-order valence-corrected chi connectivity index (χ3v) is 4.95. The van der Waals surface area contributed by atoms with Gasteiger partial charge < -0.3 is 5.11 Å². The summed E-state index contributed by atoms with van der Waals surface area (Å²) in [6.45, 7) is 2.12. The van der Waals surface area contributed by atoms with Gasteiger partial charge in [0.2, 0.25) is 10.0 Å². The maximum atomic E-state index is 12.1. The Kier molecular flexibility index (Phi) is 5.83. The third kappa shape index (κ3) is 3.95. The highest BCUT2D eigenvalue weighted by atomic mass is 35.5. The summed E-state index contributed by atoms with van der Waals surface area (Å²) in [4.78, 5) is 0.0752. The molecule has 0 atom stereocenters. The monoisotopic (exact) mass is 301 g/mol. The van der Waals surface area contributed by atoms with Gasteiger partial charge in [0.1, 0.15) is 4.90 Å². The summed E-state index contributed by atoms with van der Waals surface area (Å²) in [7, 11) is -2.05. The Bertz CT molecular complexity index is 602. The van der Waals surface area contributed by atoms with Crippen LogP contribution in [-0.2, 0) is 10.0 Å². The fourth-order valence-corrected chi connectivity index (χ4v) is 3.04. The second kappa shape index (κ2) is 6.92. The van der Waals surface area contributed by atoms with Gasteiger partial charge in [-0.25, -0.2) is 12.7 Å². The normalized spacial score (nSPS) is 11.2. The van der Waals surface area contributed by atoms with Crippen molar-refractivity contribution in [1.82, 2.24) is 4.31 Å². The molecule has 0 aliphatic carbocycles. The van der Waals surface area contributed by atoms with Crippen molar-refractivity contribution in [2.24, 2.45) is 0 Å². The Morgan fingerprint density at radius 1 is 1.42 bits per heavy atom. The van der Waals surface area contributed by atoms with Gasteiger partial charge in [-0.05, 0) is 18.2 Å². The molecule has 0 bridgehead atoms.